The molecule has 108 valence electrons. The maximum Gasteiger partial charge on any atom is 0.122 e. The van der Waals surface area contributed by atoms with Crippen molar-refractivity contribution in [2.24, 2.45) is 0 Å². The van der Waals surface area contributed by atoms with Gasteiger partial charge in [0.05, 0.1) is 0 Å². The van der Waals surface area contributed by atoms with Crippen LogP contribution >= 0.6 is 0 Å². The van der Waals surface area contributed by atoms with E-state index in [-0.39, 0.29) is 6.10 Å². The molecule has 0 aliphatic rings. The number of aryl methyl sites for hydroxylation is 1. The van der Waals surface area contributed by atoms with E-state index in [1.807, 2.05) is 18.2 Å². The molecule has 0 spiro atoms. The molecule has 3 heteroatoms. The fraction of sp³-hybridized carbons (Fsp3) is 0.625. The van der Waals surface area contributed by atoms with Gasteiger partial charge >= 0.3 is 0 Å². The molecule has 0 amide bonds. The van der Waals surface area contributed by atoms with Gasteiger partial charge in [-0.1, -0.05) is 32.0 Å². The highest BCUT2D eigenvalue weighted by Crippen LogP contribution is 2.17. The van der Waals surface area contributed by atoms with Gasteiger partial charge in [-0.25, -0.2) is 0 Å². The molecule has 1 N–H and O–H groups in total. The summed E-state index contributed by atoms with van der Waals surface area (Å²) in [7, 11) is 0. The van der Waals surface area contributed by atoms with Gasteiger partial charge in [0, 0.05) is 19.6 Å². The van der Waals surface area contributed by atoms with Crippen molar-refractivity contribution in [1.82, 2.24) is 10.2 Å². The van der Waals surface area contributed by atoms with Crippen molar-refractivity contribution >= 4 is 0 Å². The first-order chi connectivity index (χ1) is 9.17. The lowest BCUT2D eigenvalue weighted by Crippen LogP contribution is -2.36. The van der Waals surface area contributed by atoms with Crippen LogP contribution in [0.4, 0.5) is 0 Å². The summed E-state index contributed by atoms with van der Waals surface area (Å²) in [5.74, 6) is 0.987. The van der Waals surface area contributed by atoms with Crippen molar-refractivity contribution in [3.8, 4) is 5.75 Å². The van der Waals surface area contributed by atoms with Gasteiger partial charge in [-0.2, -0.15) is 0 Å². The molecule has 0 saturated carbocycles. The van der Waals surface area contributed by atoms with Crippen LogP contribution in [0.3, 0.4) is 0 Å². The minimum atomic E-state index is 0.192. The number of rotatable bonds is 9. The van der Waals surface area contributed by atoms with Crippen LogP contribution in [0.1, 0.15) is 26.3 Å². The van der Waals surface area contributed by atoms with E-state index in [4.69, 9.17) is 4.74 Å². The van der Waals surface area contributed by atoms with Crippen LogP contribution in [0.15, 0.2) is 24.3 Å². The fourth-order valence-electron chi connectivity index (χ4n) is 2.03. The highest BCUT2D eigenvalue weighted by molar-refractivity contribution is 5.31. The molecule has 0 aliphatic carbocycles. The van der Waals surface area contributed by atoms with Gasteiger partial charge in [-0.15, -0.1) is 0 Å². The fourth-order valence-corrected chi connectivity index (χ4v) is 2.03. The monoisotopic (exact) mass is 264 g/mol. The summed E-state index contributed by atoms with van der Waals surface area (Å²) >= 11 is 0. The predicted octanol–water partition coefficient (Wildman–Crippen LogP) is 2.69. The van der Waals surface area contributed by atoms with E-state index in [0.717, 1.165) is 38.5 Å². The second kappa shape index (κ2) is 8.94. The van der Waals surface area contributed by atoms with Crippen LogP contribution in [-0.4, -0.2) is 43.7 Å². The van der Waals surface area contributed by atoms with E-state index < -0.39 is 0 Å². The minimum absolute atomic E-state index is 0.192. The topological polar surface area (TPSA) is 24.5 Å². The molecule has 19 heavy (non-hydrogen) atoms. The zero-order valence-corrected chi connectivity index (χ0v) is 12.8. The van der Waals surface area contributed by atoms with Gasteiger partial charge in [0.25, 0.3) is 0 Å². The molecule has 0 saturated heterocycles. The highest BCUT2D eigenvalue weighted by atomic mass is 16.5. The SMILES string of the molecule is CCN(CC)CCNCC(C)Oc1ccccc1C. The number of benzene rings is 1. The summed E-state index contributed by atoms with van der Waals surface area (Å²) in [4.78, 5) is 2.42. The van der Waals surface area contributed by atoms with Gasteiger partial charge in [0.15, 0.2) is 0 Å². The molecule has 1 atom stereocenters. The van der Waals surface area contributed by atoms with E-state index in [2.05, 4.69) is 44.0 Å². The Balaban J connectivity index is 2.21. The number of ether oxygens (including phenoxy) is 1. The Labute approximate surface area is 118 Å². The van der Waals surface area contributed by atoms with Gasteiger partial charge in [0.2, 0.25) is 0 Å². The minimum Gasteiger partial charge on any atom is -0.489 e. The summed E-state index contributed by atoms with van der Waals surface area (Å²) in [6, 6.07) is 8.16. The molecule has 0 heterocycles. The number of nitrogens with one attached hydrogen (secondary N) is 1. The maximum absolute atomic E-state index is 5.93. The Morgan fingerprint density at radius 1 is 1.21 bits per heavy atom. The van der Waals surface area contributed by atoms with Crippen molar-refractivity contribution in [1.29, 1.82) is 0 Å². The van der Waals surface area contributed by atoms with Crippen LogP contribution in [0.5, 0.6) is 5.75 Å². The van der Waals surface area contributed by atoms with E-state index in [0.29, 0.717) is 0 Å². The average Bonchev–Trinajstić information content (AvgIpc) is 2.42. The van der Waals surface area contributed by atoms with Crippen molar-refractivity contribution < 1.29 is 4.74 Å². The predicted molar refractivity (Wildman–Crippen MR) is 81.9 cm³/mol. The van der Waals surface area contributed by atoms with Crippen LogP contribution in [0.2, 0.25) is 0 Å². The van der Waals surface area contributed by atoms with Crippen molar-refractivity contribution in [3.63, 3.8) is 0 Å². The van der Waals surface area contributed by atoms with Crippen molar-refractivity contribution in [3.05, 3.63) is 29.8 Å². The van der Waals surface area contributed by atoms with Crippen LogP contribution in [0, 0.1) is 6.92 Å². The van der Waals surface area contributed by atoms with Crippen LogP contribution in [-0.2, 0) is 0 Å². The third kappa shape index (κ3) is 6.08. The Morgan fingerprint density at radius 3 is 2.53 bits per heavy atom. The molecule has 0 radical (unpaired) electrons. The Morgan fingerprint density at radius 2 is 1.89 bits per heavy atom. The normalized spacial score (nSPS) is 12.7. The number of hydrogen-bond donors (Lipinski definition) is 1. The Hall–Kier alpha value is -1.06. The standard InChI is InChI=1S/C16H28N2O/c1-5-18(6-2)12-11-17-13-15(4)19-16-10-8-7-9-14(16)3/h7-10,15,17H,5-6,11-13H2,1-4H3. The Bertz CT molecular complexity index is 350. The molecule has 3 nitrogen and oxygen atoms in total. The number of hydrogen-bond acceptors (Lipinski definition) is 3. The smallest absolute Gasteiger partial charge is 0.122 e. The Kier molecular flexibility index (Phi) is 7.53. The first kappa shape index (κ1) is 16.0. The zero-order valence-electron chi connectivity index (χ0n) is 12.8. The third-order valence-corrected chi connectivity index (χ3v) is 3.35. The van der Waals surface area contributed by atoms with Gasteiger partial charge in [0.1, 0.15) is 11.9 Å². The highest BCUT2D eigenvalue weighted by Gasteiger charge is 2.05. The summed E-state index contributed by atoms with van der Waals surface area (Å²) in [5, 5.41) is 3.46. The lowest BCUT2D eigenvalue weighted by molar-refractivity contribution is 0.212. The summed E-state index contributed by atoms with van der Waals surface area (Å²) < 4.78 is 5.93. The molecular weight excluding hydrogens is 236 g/mol. The summed E-state index contributed by atoms with van der Waals surface area (Å²) in [5.41, 5.74) is 1.19. The molecule has 1 rings (SSSR count). The molecule has 0 fully saturated rings. The number of para-hydroxylation sites is 1. The molecular formula is C16H28N2O. The molecule has 1 aromatic carbocycles. The largest absolute Gasteiger partial charge is 0.489 e. The number of likely N-dealkylation sites (N-methyl/N-ethyl adjacent to an activating group) is 1. The molecule has 0 bridgehead atoms. The molecule has 1 unspecified atom stereocenters. The third-order valence-electron chi connectivity index (χ3n) is 3.35. The summed E-state index contributed by atoms with van der Waals surface area (Å²) in [6.07, 6.45) is 0.192. The first-order valence-electron chi connectivity index (χ1n) is 7.32. The average molecular weight is 264 g/mol. The van der Waals surface area contributed by atoms with Crippen LogP contribution < -0.4 is 10.1 Å². The second-order valence-electron chi connectivity index (χ2n) is 4.92. The lowest BCUT2D eigenvalue weighted by atomic mass is 10.2. The van der Waals surface area contributed by atoms with E-state index >= 15 is 0 Å². The van der Waals surface area contributed by atoms with Crippen molar-refractivity contribution in [2.75, 3.05) is 32.7 Å². The molecule has 0 aromatic heterocycles. The lowest BCUT2D eigenvalue weighted by Gasteiger charge is -2.20. The van der Waals surface area contributed by atoms with Gasteiger partial charge in [-0.05, 0) is 38.6 Å². The van der Waals surface area contributed by atoms with Crippen molar-refractivity contribution in [2.45, 2.75) is 33.8 Å². The molecule has 1 aromatic rings. The van der Waals surface area contributed by atoms with Gasteiger partial charge in [-0.3, -0.25) is 0 Å². The van der Waals surface area contributed by atoms with E-state index in [9.17, 15) is 0 Å². The van der Waals surface area contributed by atoms with E-state index in [1.54, 1.807) is 0 Å². The second-order valence-corrected chi connectivity index (χ2v) is 4.92. The first-order valence-corrected chi connectivity index (χ1v) is 7.32. The van der Waals surface area contributed by atoms with Gasteiger partial charge < -0.3 is 15.0 Å². The maximum atomic E-state index is 5.93. The summed E-state index contributed by atoms with van der Waals surface area (Å²) in [6.45, 7) is 13.8. The molecule has 0 aliphatic heterocycles. The quantitative estimate of drug-likeness (QED) is 0.694. The number of nitrogens with zero attached hydrogens (tertiary/aromatic N) is 1. The zero-order chi connectivity index (χ0) is 14.1. The van der Waals surface area contributed by atoms with Crippen LogP contribution in [0.25, 0.3) is 0 Å². The van der Waals surface area contributed by atoms with E-state index in [1.165, 1.54) is 5.56 Å².